The van der Waals surface area contributed by atoms with Gasteiger partial charge in [0.2, 0.25) is 0 Å². The number of hydrogen-bond acceptors (Lipinski definition) is 3. The van der Waals surface area contributed by atoms with Crippen LogP contribution in [0, 0.1) is 0 Å². The molecule has 0 fully saturated rings. The Hall–Kier alpha value is -2.36. The number of pyridine rings is 1. The molecule has 1 aromatic carbocycles. The predicted octanol–water partition coefficient (Wildman–Crippen LogP) is 3.31. The van der Waals surface area contributed by atoms with Crippen molar-refractivity contribution in [2.24, 2.45) is 0 Å². The van der Waals surface area contributed by atoms with Crippen LogP contribution in [0.3, 0.4) is 0 Å². The average molecular weight is 256 g/mol. The number of carboxylic acids is 1. The maximum atomic E-state index is 11.1. The van der Waals surface area contributed by atoms with Gasteiger partial charge in [0, 0.05) is 17.6 Å². The number of nitrogens with zero attached hydrogens (tertiary/aromatic N) is 1. The maximum Gasteiger partial charge on any atom is 0.354 e. The summed E-state index contributed by atoms with van der Waals surface area (Å²) in [6.45, 7) is 2.74. The molecule has 0 spiro atoms. The highest BCUT2D eigenvalue weighted by molar-refractivity contribution is 5.97. The van der Waals surface area contributed by atoms with Gasteiger partial charge in [0.1, 0.15) is 0 Å². The minimum atomic E-state index is -1.01. The van der Waals surface area contributed by atoms with Crippen molar-refractivity contribution in [3.8, 4) is 0 Å². The van der Waals surface area contributed by atoms with Gasteiger partial charge in [-0.3, -0.25) is 0 Å². The third-order valence-corrected chi connectivity index (χ3v) is 2.80. The lowest BCUT2D eigenvalue weighted by atomic mass is 10.1. The van der Waals surface area contributed by atoms with E-state index in [0.717, 1.165) is 24.0 Å². The van der Waals surface area contributed by atoms with E-state index in [1.165, 1.54) is 0 Å². The van der Waals surface area contributed by atoms with Crippen LogP contribution >= 0.6 is 0 Å². The van der Waals surface area contributed by atoms with Gasteiger partial charge in [-0.05, 0) is 25.5 Å². The van der Waals surface area contributed by atoms with Gasteiger partial charge in [-0.1, -0.05) is 30.4 Å². The first kappa shape index (κ1) is 13.1. The molecule has 0 atom stereocenters. The second-order valence-electron chi connectivity index (χ2n) is 4.16. The molecule has 0 unspecified atom stereocenters. The van der Waals surface area contributed by atoms with Crippen LogP contribution in [0.4, 0.5) is 5.69 Å². The molecule has 0 saturated carbocycles. The minimum Gasteiger partial charge on any atom is -0.477 e. The molecule has 0 bridgehead atoms. The Kier molecular flexibility index (Phi) is 4.13. The zero-order chi connectivity index (χ0) is 13.7. The summed E-state index contributed by atoms with van der Waals surface area (Å²) >= 11 is 0. The van der Waals surface area contributed by atoms with Crippen molar-refractivity contribution in [3.05, 3.63) is 48.2 Å². The molecule has 1 heterocycles. The highest BCUT2D eigenvalue weighted by atomic mass is 16.4. The number of fused-ring (bicyclic) bond motifs is 1. The van der Waals surface area contributed by atoms with E-state index in [9.17, 15) is 4.79 Å². The lowest BCUT2D eigenvalue weighted by Gasteiger charge is -2.09. The largest absolute Gasteiger partial charge is 0.477 e. The number of rotatable bonds is 5. The van der Waals surface area contributed by atoms with Crippen LogP contribution in [0.25, 0.3) is 10.9 Å². The number of para-hydroxylation sites is 1. The Morgan fingerprint density at radius 3 is 2.95 bits per heavy atom. The molecular weight excluding hydrogens is 240 g/mol. The fourth-order valence-electron chi connectivity index (χ4n) is 1.89. The molecule has 0 amide bonds. The SMILES string of the molecule is C/C=C/CCNc1cc(C(=O)O)nc2ccccc12. The monoisotopic (exact) mass is 256 g/mol. The molecule has 1 aromatic heterocycles. The van der Waals surface area contributed by atoms with Crippen LogP contribution in [0.15, 0.2) is 42.5 Å². The molecule has 2 N–H and O–H groups in total. The Morgan fingerprint density at radius 1 is 1.42 bits per heavy atom. The van der Waals surface area contributed by atoms with Gasteiger partial charge in [-0.25, -0.2) is 9.78 Å². The van der Waals surface area contributed by atoms with Crippen LogP contribution in [-0.2, 0) is 0 Å². The molecule has 4 heteroatoms. The average Bonchev–Trinajstić information content (AvgIpc) is 2.43. The van der Waals surface area contributed by atoms with E-state index < -0.39 is 5.97 Å². The Balaban J connectivity index is 2.36. The van der Waals surface area contributed by atoms with E-state index in [0.29, 0.717) is 5.52 Å². The predicted molar refractivity (Wildman–Crippen MR) is 76.6 cm³/mol. The quantitative estimate of drug-likeness (QED) is 0.636. The maximum absolute atomic E-state index is 11.1. The van der Waals surface area contributed by atoms with Crippen molar-refractivity contribution in [1.29, 1.82) is 0 Å². The van der Waals surface area contributed by atoms with Gasteiger partial charge in [-0.15, -0.1) is 0 Å². The standard InChI is InChI=1S/C15H16N2O2/c1-2-3-6-9-16-13-10-14(15(18)19)17-12-8-5-4-7-11(12)13/h2-5,7-8,10H,6,9H2,1H3,(H,16,17)(H,18,19)/b3-2+. The van der Waals surface area contributed by atoms with Crippen LogP contribution in [0.5, 0.6) is 0 Å². The Morgan fingerprint density at radius 2 is 2.21 bits per heavy atom. The number of carbonyl (C=O) groups is 1. The summed E-state index contributed by atoms with van der Waals surface area (Å²) in [6, 6.07) is 9.11. The van der Waals surface area contributed by atoms with Gasteiger partial charge < -0.3 is 10.4 Å². The zero-order valence-corrected chi connectivity index (χ0v) is 10.8. The number of anilines is 1. The van der Waals surface area contributed by atoms with Crippen molar-refractivity contribution in [2.45, 2.75) is 13.3 Å². The Labute approximate surface area is 111 Å². The third-order valence-electron chi connectivity index (χ3n) is 2.80. The molecule has 0 aliphatic rings. The number of aromatic carboxylic acids is 1. The number of hydrogen-bond donors (Lipinski definition) is 2. The molecular formula is C15H16N2O2. The summed E-state index contributed by atoms with van der Waals surface area (Å²) in [5.74, 6) is -1.01. The first-order valence-electron chi connectivity index (χ1n) is 6.20. The van der Waals surface area contributed by atoms with Gasteiger partial charge in [-0.2, -0.15) is 0 Å². The van der Waals surface area contributed by atoms with Gasteiger partial charge >= 0.3 is 5.97 Å². The smallest absolute Gasteiger partial charge is 0.354 e. The molecule has 19 heavy (non-hydrogen) atoms. The van der Waals surface area contributed by atoms with Crippen LogP contribution < -0.4 is 5.32 Å². The zero-order valence-electron chi connectivity index (χ0n) is 10.8. The van der Waals surface area contributed by atoms with Crippen molar-refractivity contribution >= 4 is 22.6 Å². The van der Waals surface area contributed by atoms with Crippen LogP contribution in [0.1, 0.15) is 23.8 Å². The van der Waals surface area contributed by atoms with E-state index in [2.05, 4.69) is 16.4 Å². The van der Waals surface area contributed by atoms with E-state index in [1.54, 1.807) is 6.07 Å². The topological polar surface area (TPSA) is 62.2 Å². The number of nitrogens with one attached hydrogen (secondary N) is 1. The third kappa shape index (κ3) is 3.10. The second kappa shape index (κ2) is 6.00. The molecule has 2 aromatic rings. The van der Waals surface area contributed by atoms with Crippen molar-refractivity contribution < 1.29 is 9.90 Å². The highest BCUT2D eigenvalue weighted by Gasteiger charge is 2.09. The number of benzene rings is 1. The molecule has 0 saturated heterocycles. The molecule has 0 radical (unpaired) electrons. The van der Waals surface area contributed by atoms with Crippen LogP contribution in [-0.4, -0.2) is 22.6 Å². The summed E-state index contributed by atoms with van der Waals surface area (Å²) < 4.78 is 0. The van der Waals surface area contributed by atoms with Gasteiger partial charge in [0.05, 0.1) is 5.52 Å². The fraction of sp³-hybridized carbons (Fsp3) is 0.200. The first-order valence-corrected chi connectivity index (χ1v) is 6.20. The summed E-state index contributed by atoms with van der Waals surface area (Å²) in [5.41, 5.74) is 1.57. The summed E-state index contributed by atoms with van der Waals surface area (Å²) in [4.78, 5) is 15.2. The molecule has 4 nitrogen and oxygen atoms in total. The number of carboxylic acid groups (broad SMARTS) is 1. The lowest BCUT2D eigenvalue weighted by molar-refractivity contribution is 0.0691. The van der Waals surface area contributed by atoms with Crippen LogP contribution in [0.2, 0.25) is 0 Å². The van der Waals surface area contributed by atoms with E-state index >= 15 is 0 Å². The summed E-state index contributed by atoms with van der Waals surface area (Å²) in [5, 5.41) is 13.3. The first-order chi connectivity index (χ1) is 9.22. The van der Waals surface area contributed by atoms with E-state index in [1.807, 2.05) is 37.3 Å². The molecule has 0 aliphatic carbocycles. The highest BCUT2D eigenvalue weighted by Crippen LogP contribution is 2.23. The molecule has 2 rings (SSSR count). The fourth-order valence-corrected chi connectivity index (χ4v) is 1.89. The normalized spacial score (nSPS) is 11.0. The summed E-state index contributed by atoms with van der Waals surface area (Å²) in [7, 11) is 0. The lowest BCUT2D eigenvalue weighted by Crippen LogP contribution is -2.06. The van der Waals surface area contributed by atoms with E-state index in [4.69, 9.17) is 5.11 Å². The second-order valence-corrected chi connectivity index (χ2v) is 4.16. The minimum absolute atomic E-state index is 0.0623. The van der Waals surface area contributed by atoms with Gasteiger partial charge in [0.25, 0.3) is 0 Å². The van der Waals surface area contributed by atoms with Crippen molar-refractivity contribution in [3.63, 3.8) is 0 Å². The molecule has 0 aliphatic heterocycles. The Bertz CT molecular complexity index is 621. The van der Waals surface area contributed by atoms with Crippen molar-refractivity contribution in [1.82, 2.24) is 4.98 Å². The number of aromatic nitrogens is 1. The van der Waals surface area contributed by atoms with E-state index in [-0.39, 0.29) is 5.69 Å². The van der Waals surface area contributed by atoms with Gasteiger partial charge in [0.15, 0.2) is 5.69 Å². The molecule has 98 valence electrons. The summed E-state index contributed by atoms with van der Waals surface area (Å²) in [6.07, 6.45) is 4.96. The number of allylic oxidation sites excluding steroid dienone is 1. The van der Waals surface area contributed by atoms with Crippen molar-refractivity contribution in [2.75, 3.05) is 11.9 Å².